The topological polar surface area (TPSA) is 86.9 Å². The molecular formula is C18H22Cl2N6O. The molecule has 1 atom stereocenters. The number of nitrogens with one attached hydrogen (secondary N) is 3. The molecule has 0 radical (unpaired) electrons. The fourth-order valence-corrected chi connectivity index (χ4v) is 3.27. The normalized spacial score (nSPS) is 16.2. The van der Waals surface area contributed by atoms with E-state index < -0.39 is 0 Å². The van der Waals surface area contributed by atoms with Crippen LogP contribution in [-0.2, 0) is 0 Å². The van der Waals surface area contributed by atoms with Crippen molar-refractivity contribution in [1.82, 2.24) is 15.8 Å². The Morgan fingerprint density at radius 3 is 2.41 bits per heavy atom. The van der Waals surface area contributed by atoms with Crippen molar-refractivity contribution in [2.24, 2.45) is 10.7 Å². The maximum atomic E-state index is 6.48. The number of rotatable bonds is 7. The molecule has 7 nitrogen and oxygen atoms in total. The van der Waals surface area contributed by atoms with Gasteiger partial charge in [-0.1, -0.05) is 35.3 Å². The second-order valence-electron chi connectivity index (χ2n) is 6.32. The summed E-state index contributed by atoms with van der Waals surface area (Å²) in [5.74, 6) is 1.12. The third-order valence-corrected chi connectivity index (χ3v) is 4.50. The molecule has 2 aromatic rings. The van der Waals surface area contributed by atoms with E-state index in [1.807, 2.05) is 38.4 Å². The summed E-state index contributed by atoms with van der Waals surface area (Å²) in [4.78, 5) is 6.20. The number of guanidine groups is 1. The smallest absolute Gasteiger partial charge is 0.206 e. The number of halogens is 2. The first-order valence-electron chi connectivity index (χ1n) is 8.41. The van der Waals surface area contributed by atoms with Crippen LogP contribution < -0.4 is 26.6 Å². The first kappa shape index (κ1) is 19.6. The minimum atomic E-state index is -0.387. The minimum absolute atomic E-state index is 0.314. The molecule has 9 heteroatoms. The standard InChI is InChI=1S/C18H22Cl2N6O/c1-26(2)7-8-27-13-5-3-11(4-6-13)16-14(19)9-12(10-15(16)20)22-18-23-17(21)24-25-18/h3-6,9-10,18,22,25H,7-8H2,1-2H3,(H3,21,23,24). The van der Waals surface area contributed by atoms with E-state index in [1.165, 1.54) is 0 Å². The quantitative estimate of drug-likeness (QED) is 0.563. The van der Waals surface area contributed by atoms with Gasteiger partial charge in [-0.05, 0) is 43.9 Å². The average molecular weight is 409 g/mol. The lowest BCUT2D eigenvalue weighted by atomic mass is 10.0. The molecule has 27 heavy (non-hydrogen) atoms. The van der Waals surface area contributed by atoms with Crippen LogP contribution in [0.2, 0.25) is 10.0 Å². The van der Waals surface area contributed by atoms with Crippen molar-refractivity contribution in [3.63, 3.8) is 0 Å². The molecule has 1 unspecified atom stereocenters. The molecule has 0 amide bonds. The second kappa shape index (κ2) is 8.67. The van der Waals surface area contributed by atoms with Gasteiger partial charge >= 0.3 is 0 Å². The number of hydrogen-bond donors (Lipinski definition) is 4. The Morgan fingerprint density at radius 1 is 1.19 bits per heavy atom. The maximum Gasteiger partial charge on any atom is 0.206 e. The molecule has 2 aromatic carbocycles. The van der Waals surface area contributed by atoms with Gasteiger partial charge in [0.2, 0.25) is 5.96 Å². The number of nitrogens with zero attached hydrogens (tertiary/aromatic N) is 2. The van der Waals surface area contributed by atoms with Crippen LogP contribution in [0.25, 0.3) is 11.1 Å². The zero-order valence-corrected chi connectivity index (χ0v) is 16.6. The maximum absolute atomic E-state index is 6.48. The molecule has 0 fully saturated rings. The fraction of sp³-hybridized carbons (Fsp3) is 0.278. The van der Waals surface area contributed by atoms with E-state index in [9.17, 15) is 0 Å². The van der Waals surface area contributed by atoms with E-state index in [2.05, 4.69) is 26.1 Å². The highest BCUT2D eigenvalue weighted by Crippen LogP contribution is 2.38. The summed E-state index contributed by atoms with van der Waals surface area (Å²) in [7, 11) is 4.02. The number of nitrogens with two attached hydrogens (primary N) is 1. The van der Waals surface area contributed by atoms with E-state index >= 15 is 0 Å². The van der Waals surface area contributed by atoms with Crippen LogP contribution in [0, 0.1) is 0 Å². The first-order valence-corrected chi connectivity index (χ1v) is 9.16. The van der Waals surface area contributed by atoms with Gasteiger partial charge in [0.25, 0.3) is 0 Å². The number of likely N-dealkylation sites (N-methyl/N-ethyl adjacent to an activating group) is 1. The highest BCUT2D eigenvalue weighted by molar-refractivity contribution is 6.39. The van der Waals surface area contributed by atoms with Gasteiger partial charge in [-0.15, -0.1) is 0 Å². The lowest BCUT2D eigenvalue weighted by Gasteiger charge is -2.15. The van der Waals surface area contributed by atoms with E-state index in [0.29, 0.717) is 22.6 Å². The molecule has 3 rings (SSSR count). The van der Waals surface area contributed by atoms with Crippen LogP contribution in [0.3, 0.4) is 0 Å². The highest BCUT2D eigenvalue weighted by atomic mass is 35.5. The molecule has 144 valence electrons. The fourth-order valence-electron chi connectivity index (χ4n) is 2.57. The number of aliphatic imine (C=N–C) groups is 1. The van der Waals surface area contributed by atoms with Gasteiger partial charge in [0.05, 0.1) is 10.0 Å². The molecule has 0 saturated carbocycles. The van der Waals surface area contributed by atoms with Crippen LogP contribution in [0.1, 0.15) is 0 Å². The zero-order valence-electron chi connectivity index (χ0n) is 15.1. The van der Waals surface area contributed by atoms with Crippen molar-refractivity contribution >= 4 is 34.8 Å². The lowest BCUT2D eigenvalue weighted by Crippen LogP contribution is -2.40. The molecular weight excluding hydrogens is 387 g/mol. The summed E-state index contributed by atoms with van der Waals surface area (Å²) in [5.41, 5.74) is 13.6. The van der Waals surface area contributed by atoms with Crippen LogP contribution in [0.15, 0.2) is 41.4 Å². The van der Waals surface area contributed by atoms with Crippen molar-refractivity contribution in [3.8, 4) is 16.9 Å². The summed E-state index contributed by atoms with van der Waals surface area (Å²) >= 11 is 13.0. The molecule has 1 heterocycles. The number of hydrogen-bond acceptors (Lipinski definition) is 7. The SMILES string of the molecule is CN(C)CCOc1ccc(-c2c(Cl)cc(NC3N=C(N)NN3)cc2Cl)cc1. The summed E-state index contributed by atoms with van der Waals surface area (Å²) in [6.45, 7) is 1.49. The van der Waals surface area contributed by atoms with Gasteiger partial charge < -0.3 is 20.7 Å². The molecule has 1 aliphatic heterocycles. The van der Waals surface area contributed by atoms with Gasteiger partial charge in [0, 0.05) is 17.8 Å². The molecule has 0 saturated heterocycles. The molecule has 1 aliphatic rings. The lowest BCUT2D eigenvalue weighted by molar-refractivity contribution is 0.261. The number of ether oxygens (including phenoxy) is 1. The van der Waals surface area contributed by atoms with E-state index in [0.717, 1.165) is 29.1 Å². The third kappa shape index (κ3) is 5.17. The van der Waals surface area contributed by atoms with Gasteiger partial charge in [0.1, 0.15) is 12.4 Å². The summed E-state index contributed by atoms with van der Waals surface area (Å²) < 4.78 is 5.72. The van der Waals surface area contributed by atoms with Gasteiger partial charge in [0.15, 0.2) is 6.29 Å². The minimum Gasteiger partial charge on any atom is -0.492 e. The summed E-state index contributed by atoms with van der Waals surface area (Å²) in [5, 5.41) is 4.21. The molecule has 0 aliphatic carbocycles. The molecule has 0 spiro atoms. The van der Waals surface area contributed by atoms with Crippen LogP contribution >= 0.6 is 23.2 Å². The predicted molar refractivity (Wildman–Crippen MR) is 111 cm³/mol. The Labute approximate surface area is 168 Å². The summed E-state index contributed by atoms with van der Waals surface area (Å²) in [6.07, 6.45) is -0.387. The zero-order chi connectivity index (χ0) is 19.4. The Morgan fingerprint density at radius 2 is 1.85 bits per heavy atom. The van der Waals surface area contributed by atoms with Gasteiger partial charge in [-0.25, -0.2) is 4.99 Å². The molecule has 0 bridgehead atoms. The predicted octanol–water partition coefficient (Wildman–Crippen LogP) is 2.72. The van der Waals surface area contributed by atoms with E-state index in [4.69, 9.17) is 33.7 Å². The Kier molecular flexibility index (Phi) is 6.28. The van der Waals surface area contributed by atoms with Gasteiger partial charge in [-0.2, -0.15) is 5.43 Å². The number of benzene rings is 2. The largest absolute Gasteiger partial charge is 0.492 e. The van der Waals surface area contributed by atoms with Crippen LogP contribution in [0.4, 0.5) is 5.69 Å². The average Bonchev–Trinajstić information content (AvgIpc) is 3.00. The first-order chi connectivity index (χ1) is 12.9. The van der Waals surface area contributed by atoms with Crippen LogP contribution in [-0.4, -0.2) is 44.4 Å². The number of hydrazine groups is 1. The monoisotopic (exact) mass is 408 g/mol. The van der Waals surface area contributed by atoms with E-state index in [1.54, 1.807) is 12.1 Å². The number of anilines is 1. The second-order valence-corrected chi connectivity index (χ2v) is 7.14. The summed E-state index contributed by atoms with van der Waals surface area (Å²) in [6, 6.07) is 11.3. The third-order valence-electron chi connectivity index (χ3n) is 3.90. The Hall–Kier alpha value is -2.19. The van der Waals surface area contributed by atoms with Crippen molar-refractivity contribution in [2.45, 2.75) is 6.29 Å². The van der Waals surface area contributed by atoms with Crippen molar-refractivity contribution in [1.29, 1.82) is 0 Å². The Balaban J connectivity index is 1.72. The van der Waals surface area contributed by atoms with E-state index in [-0.39, 0.29) is 6.29 Å². The molecule has 5 N–H and O–H groups in total. The Bertz CT molecular complexity index is 802. The van der Waals surface area contributed by atoms with Gasteiger partial charge in [-0.3, -0.25) is 5.43 Å². The van der Waals surface area contributed by atoms with Crippen molar-refractivity contribution in [3.05, 3.63) is 46.4 Å². The van der Waals surface area contributed by atoms with Crippen molar-refractivity contribution < 1.29 is 4.74 Å². The highest BCUT2D eigenvalue weighted by Gasteiger charge is 2.16. The molecule has 0 aromatic heterocycles. The van der Waals surface area contributed by atoms with Crippen molar-refractivity contribution in [2.75, 3.05) is 32.6 Å². The van der Waals surface area contributed by atoms with Crippen LogP contribution in [0.5, 0.6) is 5.75 Å².